The quantitative estimate of drug-likeness (QED) is 0.411. The second-order valence-corrected chi connectivity index (χ2v) is 8.71. The van der Waals surface area contributed by atoms with E-state index in [4.69, 9.17) is 9.15 Å². The van der Waals surface area contributed by atoms with Crippen molar-refractivity contribution < 1.29 is 23.1 Å². The van der Waals surface area contributed by atoms with Gasteiger partial charge in [0.25, 0.3) is 5.91 Å². The van der Waals surface area contributed by atoms with E-state index in [2.05, 4.69) is 25.6 Å². The number of aryl methyl sites for hydroxylation is 2. The maximum absolute atomic E-state index is 14.7. The van der Waals surface area contributed by atoms with Crippen molar-refractivity contribution in [2.45, 2.75) is 45.6 Å². The Morgan fingerprint density at radius 3 is 2.75 bits per heavy atom. The molecule has 186 valence electrons. The molecule has 11 heteroatoms. The normalized spacial score (nSPS) is 15.7. The lowest BCUT2D eigenvalue weighted by Crippen LogP contribution is -2.25. The average Bonchev–Trinajstić information content (AvgIpc) is 3.42. The zero-order valence-electron chi connectivity index (χ0n) is 19.9. The van der Waals surface area contributed by atoms with Crippen molar-refractivity contribution in [2.24, 2.45) is 0 Å². The molecular weight excluding hydrogens is 467 g/mol. The van der Waals surface area contributed by atoms with Gasteiger partial charge in [-0.2, -0.15) is 0 Å². The van der Waals surface area contributed by atoms with Crippen molar-refractivity contribution in [1.82, 2.24) is 19.4 Å². The summed E-state index contributed by atoms with van der Waals surface area (Å²) in [6.07, 6.45) is 7.95. The van der Waals surface area contributed by atoms with Gasteiger partial charge in [-0.1, -0.05) is 0 Å². The molecule has 1 aliphatic heterocycles. The second kappa shape index (κ2) is 9.86. The molecule has 1 aliphatic rings. The molecule has 0 radical (unpaired) electrons. The van der Waals surface area contributed by atoms with Crippen molar-refractivity contribution in [3.8, 4) is 11.3 Å². The van der Waals surface area contributed by atoms with E-state index < -0.39 is 11.7 Å². The van der Waals surface area contributed by atoms with Crippen LogP contribution >= 0.6 is 0 Å². The number of ether oxygens (including phenoxy) is 1. The van der Waals surface area contributed by atoms with Crippen LogP contribution in [-0.4, -0.2) is 43.9 Å². The fourth-order valence-corrected chi connectivity index (χ4v) is 4.20. The van der Waals surface area contributed by atoms with Crippen LogP contribution in [0.1, 0.15) is 47.8 Å². The first kappa shape index (κ1) is 23.6. The Labute approximate surface area is 205 Å². The summed E-state index contributed by atoms with van der Waals surface area (Å²) >= 11 is 0. The van der Waals surface area contributed by atoms with E-state index in [1.54, 1.807) is 30.6 Å². The number of oxazole rings is 1. The highest BCUT2D eigenvalue weighted by Crippen LogP contribution is 2.27. The van der Waals surface area contributed by atoms with Crippen LogP contribution in [0.2, 0.25) is 0 Å². The Bertz CT molecular complexity index is 1440. The Hall–Kier alpha value is -4.12. The summed E-state index contributed by atoms with van der Waals surface area (Å²) in [5, 5.41) is 5.53. The third kappa shape index (κ3) is 5.10. The van der Waals surface area contributed by atoms with Gasteiger partial charge in [-0.3, -0.25) is 14.0 Å². The molecule has 36 heavy (non-hydrogen) atoms. The van der Waals surface area contributed by atoms with Gasteiger partial charge in [0.15, 0.2) is 5.89 Å². The molecule has 3 aromatic heterocycles. The maximum Gasteiger partial charge on any atom is 0.293 e. The molecule has 2 amide bonds. The van der Waals surface area contributed by atoms with Crippen molar-refractivity contribution in [2.75, 3.05) is 17.2 Å². The highest BCUT2D eigenvalue weighted by Gasteiger charge is 2.19. The molecule has 1 fully saturated rings. The van der Waals surface area contributed by atoms with E-state index in [9.17, 15) is 14.0 Å². The molecule has 1 unspecified atom stereocenters. The zero-order valence-corrected chi connectivity index (χ0v) is 19.9. The Balaban J connectivity index is 1.33. The van der Waals surface area contributed by atoms with Gasteiger partial charge in [-0.15, -0.1) is 0 Å². The maximum atomic E-state index is 14.7. The molecule has 0 spiro atoms. The number of hydrogen-bond acceptors (Lipinski definition) is 7. The smallest absolute Gasteiger partial charge is 0.293 e. The number of amides is 2. The van der Waals surface area contributed by atoms with E-state index in [0.29, 0.717) is 41.0 Å². The molecule has 4 aromatic rings. The predicted octanol–water partition coefficient (Wildman–Crippen LogP) is 4.29. The van der Waals surface area contributed by atoms with E-state index >= 15 is 0 Å². The molecular formula is C25H25FN6O4. The molecule has 4 heterocycles. The van der Waals surface area contributed by atoms with Gasteiger partial charge in [0.05, 0.1) is 35.8 Å². The summed E-state index contributed by atoms with van der Waals surface area (Å²) in [6, 6.07) is 4.19. The van der Waals surface area contributed by atoms with Crippen LogP contribution in [0.3, 0.4) is 0 Å². The Morgan fingerprint density at radius 2 is 2.00 bits per heavy atom. The van der Waals surface area contributed by atoms with Gasteiger partial charge in [0.1, 0.15) is 5.82 Å². The van der Waals surface area contributed by atoms with Crippen molar-refractivity contribution in [3.63, 3.8) is 0 Å². The van der Waals surface area contributed by atoms with Gasteiger partial charge in [-0.05, 0) is 44.4 Å². The standard InChI is InChI=1S/C25H25FN6O4/c1-14-23(36-15(2)28-14)24(34)30-16-6-7-20(26)19(9-16)21-13-32-12-17(11-27-25(32)31-21)29-22(33)10-18-5-3-4-8-35-18/h6-7,9,11-13,18H,3-5,8,10H2,1-2H3,(H,29,33)(H,30,34). The van der Waals surface area contributed by atoms with Crippen molar-refractivity contribution in [1.29, 1.82) is 0 Å². The average molecular weight is 493 g/mol. The summed E-state index contributed by atoms with van der Waals surface area (Å²) in [6.45, 7) is 4.01. The monoisotopic (exact) mass is 492 g/mol. The van der Waals surface area contributed by atoms with E-state index in [-0.39, 0.29) is 29.8 Å². The minimum Gasteiger partial charge on any atom is -0.436 e. The number of anilines is 2. The van der Waals surface area contributed by atoms with Crippen molar-refractivity contribution in [3.05, 3.63) is 60.0 Å². The third-order valence-electron chi connectivity index (χ3n) is 5.89. The lowest BCUT2D eigenvalue weighted by Gasteiger charge is -2.21. The summed E-state index contributed by atoms with van der Waals surface area (Å²) in [5.41, 5.74) is 1.83. The number of nitrogens with one attached hydrogen (secondary N) is 2. The zero-order chi connectivity index (χ0) is 25.2. The predicted molar refractivity (Wildman–Crippen MR) is 129 cm³/mol. The number of halogens is 1. The van der Waals surface area contributed by atoms with Gasteiger partial charge < -0.3 is 19.8 Å². The van der Waals surface area contributed by atoms with Crippen LogP contribution < -0.4 is 10.6 Å². The molecule has 0 aliphatic carbocycles. The minimum atomic E-state index is -0.510. The van der Waals surface area contributed by atoms with Crippen LogP contribution in [0.5, 0.6) is 0 Å². The van der Waals surface area contributed by atoms with E-state index in [1.807, 2.05) is 0 Å². The number of fused-ring (bicyclic) bond motifs is 1. The SMILES string of the molecule is Cc1nc(C)c(C(=O)Nc2ccc(F)c(-c3cn4cc(NC(=O)CC5CCCCO5)cnc4n3)c2)o1. The van der Waals surface area contributed by atoms with Crippen molar-refractivity contribution >= 4 is 29.0 Å². The summed E-state index contributed by atoms with van der Waals surface area (Å²) in [4.78, 5) is 37.7. The topological polar surface area (TPSA) is 124 Å². The number of aromatic nitrogens is 4. The number of nitrogens with zero attached hydrogens (tertiary/aromatic N) is 4. The lowest BCUT2D eigenvalue weighted by atomic mass is 10.1. The van der Waals surface area contributed by atoms with Crippen LogP contribution in [0.15, 0.2) is 41.2 Å². The van der Waals surface area contributed by atoms with Gasteiger partial charge in [0.2, 0.25) is 17.4 Å². The van der Waals surface area contributed by atoms with Crippen LogP contribution in [0, 0.1) is 19.7 Å². The molecule has 2 N–H and O–H groups in total. The molecule has 1 aromatic carbocycles. The number of imidazole rings is 1. The minimum absolute atomic E-state index is 0.0667. The molecule has 10 nitrogen and oxygen atoms in total. The second-order valence-electron chi connectivity index (χ2n) is 8.71. The fraction of sp³-hybridized carbons (Fsp3) is 0.320. The highest BCUT2D eigenvalue weighted by atomic mass is 19.1. The van der Waals surface area contributed by atoms with Gasteiger partial charge >= 0.3 is 0 Å². The van der Waals surface area contributed by atoms with E-state index in [1.165, 1.54) is 24.4 Å². The number of carbonyl (C=O) groups excluding carboxylic acids is 2. The molecule has 0 bridgehead atoms. The highest BCUT2D eigenvalue weighted by molar-refractivity contribution is 6.03. The van der Waals surface area contributed by atoms with Gasteiger partial charge in [-0.25, -0.2) is 19.3 Å². The molecule has 1 atom stereocenters. The number of rotatable bonds is 6. The first-order valence-corrected chi connectivity index (χ1v) is 11.7. The number of benzene rings is 1. The Kier molecular flexibility index (Phi) is 6.47. The fourth-order valence-electron chi connectivity index (χ4n) is 4.20. The molecule has 1 saturated heterocycles. The molecule has 0 saturated carbocycles. The van der Waals surface area contributed by atoms with Gasteiger partial charge in [0, 0.05) is 37.2 Å². The first-order valence-electron chi connectivity index (χ1n) is 11.7. The Morgan fingerprint density at radius 1 is 1.14 bits per heavy atom. The van der Waals surface area contributed by atoms with E-state index in [0.717, 1.165) is 19.3 Å². The van der Waals surface area contributed by atoms with Crippen LogP contribution in [0.4, 0.5) is 15.8 Å². The van der Waals surface area contributed by atoms with Crippen LogP contribution in [-0.2, 0) is 9.53 Å². The summed E-state index contributed by atoms with van der Waals surface area (Å²) in [5.74, 6) is -0.340. The number of hydrogen-bond donors (Lipinski definition) is 2. The largest absolute Gasteiger partial charge is 0.436 e. The summed E-state index contributed by atoms with van der Waals surface area (Å²) in [7, 11) is 0. The summed E-state index contributed by atoms with van der Waals surface area (Å²) < 4.78 is 27.3. The molecule has 5 rings (SSSR count). The third-order valence-corrected chi connectivity index (χ3v) is 5.89. The number of carbonyl (C=O) groups is 2. The lowest BCUT2D eigenvalue weighted by molar-refractivity contribution is -0.119. The first-order chi connectivity index (χ1) is 17.4. The van der Waals surface area contributed by atoms with Crippen LogP contribution in [0.25, 0.3) is 17.0 Å².